The summed E-state index contributed by atoms with van der Waals surface area (Å²) in [6.45, 7) is 2.39. The van der Waals surface area contributed by atoms with E-state index >= 15 is 0 Å². The average molecular weight is 262 g/mol. The third kappa shape index (κ3) is 5.09. The van der Waals surface area contributed by atoms with Gasteiger partial charge in [0.05, 0.1) is 12.6 Å². The first-order valence-corrected chi connectivity index (χ1v) is 6.60. The highest BCUT2D eigenvalue weighted by atomic mass is 16.2. The van der Waals surface area contributed by atoms with E-state index in [1.165, 1.54) is 12.8 Å². The summed E-state index contributed by atoms with van der Waals surface area (Å²) in [5.41, 5.74) is 1.84. The summed E-state index contributed by atoms with van der Waals surface area (Å²) < 4.78 is 0. The smallest absolute Gasteiger partial charge is 0.275 e. The number of carbonyl (C=O) groups is 2. The van der Waals surface area contributed by atoms with Gasteiger partial charge >= 0.3 is 0 Å². The number of hydrogen-bond donors (Lipinski definition) is 3. The molecule has 5 heteroatoms. The molecule has 0 radical (unpaired) electrons. The van der Waals surface area contributed by atoms with Gasteiger partial charge in [-0.1, -0.05) is 12.1 Å². The van der Waals surface area contributed by atoms with Gasteiger partial charge in [0.1, 0.15) is 0 Å². The Morgan fingerprint density at radius 3 is 2.79 bits per heavy atom. The predicted octanol–water partition coefficient (Wildman–Crippen LogP) is -0.224. The van der Waals surface area contributed by atoms with Crippen LogP contribution in [0.5, 0.6) is 0 Å². The predicted molar refractivity (Wildman–Crippen MR) is 72.6 cm³/mol. The molecule has 0 saturated heterocycles. The maximum absolute atomic E-state index is 11.6. The van der Waals surface area contributed by atoms with Crippen LogP contribution < -0.4 is 16.0 Å². The van der Waals surface area contributed by atoms with Gasteiger partial charge in [-0.15, -0.1) is 0 Å². The molecule has 0 spiro atoms. The fourth-order valence-corrected chi connectivity index (χ4v) is 1.78. The van der Waals surface area contributed by atoms with Gasteiger partial charge in [0.15, 0.2) is 6.54 Å². The molecule has 0 bridgehead atoms. The first kappa shape index (κ1) is 13.5. The Balaban J connectivity index is 1.67. The van der Waals surface area contributed by atoms with Crippen LogP contribution in [0.4, 0.5) is 5.69 Å². The lowest BCUT2D eigenvalue weighted by Crippen LogP contribution is -2.88. The molecule has 5 nitrogen and oxygen atoms in total. The fourth-order valence-electron chi connectivity index (χ4n) is 1.78. The lowest BCUT2D eigenvalue weighted by Gasteiger charge is -2.07. The van der Waals surface area contributed by atoms with Crippen LogP contribution >= 0.6 is 0 Å². The number of rotatable bonds is 6. The van der Waals surface area contributed by atoms with Crippen molar-refractivity contribution in [3.05, 3.63) is 29.8 Å². The minimum absolute atomic E-state index is 0.0191. The molecule has 1 aliphatic carbocycles. The van der Waals surface area contributed by atoms with Gasteiger partial charge in [0.2, 0.25) is 5.91 Å². The molecule has 0 heterocycles. The molecule has 0 aromatic heterocycles. The molecule has 1 aromatic rings. The molecule has 19 heavy (non-hydrogen) atoms. The summed E-state index contributed by atoms with van der Waals surface area (Å²) in [6, 6.07) is 8.18. The van der Waals surface area contributed by atoms with Gasteiger partial charge in [0, 0.05) is 18.5 Å². The van der Waals surface area contributed by atoms with Crippen LogP contribution in [-0.4, -0.2) is 30.9 Å². The minimum atomic E-state index is -0.203. The van der Waals surface area contributed by atoms with E-state index in [0.717, 1.165) is 11.3 Å². The number of hydrogen-bond acceptors (Lipinski definition) is 2. The molecule has 0 atom stereocenters. The van der Waals surface area contributed by atoms with Gasteiger partial charge < -0.3 is 16.0 Å². The minimum Gasteiger partial charge on any atom is -0.342 e. The monoisotopic (exact) mass is 262 g/mol. The molecule has 1 saturated carbocycles. The molecular weight excluding hydrogens is 242 g/mol. The molecule has 4 N–H and O–H groups in total. The van der Waals surface area contributed by atoms with Crippen molar-refractivity contribution in [3.63, 3.8) is 0 Å². The second kappa shape index (κ2) is 6.33. The van der Waals surface area contributed by atoms with Crippen molar-refractivity contribution in [3.8, 4) is 0 Å². The number of benzene rings is 1. The Hall–Kier alpha value is -1.88. The van der Waals surface area contributed by atoms with Crippen LogP contribution in [0.25, 0.3) is 0 Å². The number of carbonyl (C=O) groups excluding carboxylic acids is 2. The summed E-state index contributed by atoms with van der Waals surface area (Å²) in [6.07, 6.45) is 2.39. The zero-order valence-electron chi connectivity index (χ0n) is 11.1. The zero-order valence-corrected chi connectivity index (χ0v) is 11.1. The van der Waals surface area contributed by atoms with E-state index < -0.39 is 0 Å². The number of nitrogens with two attached hydrogens (primary N) is 1. The molecule has 1 aliphatic rings. The fraction of sp³-hybridized carbons (Fsp3) is 0.429. The second-order valence-electron chi connectivity index (χ2n) is 4.97. The van der Waals surface area contributed by atoms with Crippen LogP contribution in [0.2, 0.25) is 0 Å². The largest absolute Gasteiger partial charge is 0.342 e. The van der Waals surface area contributed by atoms with Crippen LogP contribution in [0, 0.1) is 6.92 Å². The van der Waals surface area contributed by atoms with Crippen molar-refractivity contribution in [1.29, 1.82) is 0 Å². The summed E-state index contributed by atoms with van der Waals surface area (Å²) >= 11 is 0. The molecule has 102 valence electrons. The first-order chi connectivity index (χ1) is 9.13. The Morgan fingerprint density at radius 1 is 1.32 bits per heavy atom. The van der Waals surface area contributed by atoms with E-state index in [4.69, 9.17) is 0 Å². The van der Waals surface area contributed by atoms with E-state index in [-0.39, 0.29) is 18.4 Å². The van der Waals surface area contributed by atoms with Gasteiger partial charge in [0.25, 0.3) is 5.91 Å². The van der Waals surface area contributed by atoms with Gasteiger partial charge in [-0.25, -0.2) is 0 Å². The van der Waals surface area contributed by atoms with Crippen LogP contribution in [0.3, 0.4) is 0 Å². The van der Waals surface area contributed by atoms with Crippen molar-refractivity contribution >= 4 is 17.5 Å². The lowest BCUT2D eigenvalue weighted by atomic mass is 10.2. The third-order valence-electron chi connectivity index (χ3n) is 3.01. The molecule has 0 aliphatic heterocycles. The average Bonchev–Trinajstić information content (AvgIpc) is 3.18. The van der Waals surface area contributed by atoms with Crippen LogP contribution in [-0.2, 0) is 9.59 Å². The molecule has 2 amide bonds. The summed E-state index contributed by atoms with van der Waals surface area (Å²) in [5.74, 6) is -0.295. The van der Waals surface area contributed by atoms with Crippen molar-refractivity contribution in [2.45, 2.75) is 25.8 Å². The van der Waals surface area contributed by atoms with Crippen LogP contribution in [0.15, 0.2) is 24.3 Å². The number of quaternary nitrogens is 1. The Labute approximate surface area is 112 Å². The number of anilines is 1. The molecular formula is C14H20N3O2+. The SMILES string of the molecule is Cc1cccc(NC(=O)CNC(=O)C[NH2+]C2CC2)c1. The quantitative estimate of drug-likeness (QED) is 0.663. The Morgan fingerprint density at radius 2 is 2.11 bits per heavy atom. The zero-order chi connectivity index (χ0) is 13.7. The summed E-state index contributed by atoms with van der Waals surface area (Å²) in [4.78, 5) is 23.1. The van der Waals surface area contributed by atoms with Gasteiger partial charge in [-0.2, -0.15) is 0 Å². The van der Waals surface area contributed by atoms with E-state index in [0.29, 0.717) is 12.6 Å². The first-order valence-electron chi connectivity index (χ1n) is 6.60. The highest BCUT2D eigenvalue weighted by molar-refractivity contribution is 5.94. The van der Waals surface area contributed by atoms with E-state index in [2.05, 4.69) is 10.6 Å². The summed E-state index contributed by atoms with van der Waals surface area (Å²) in [5, 5.41) is 7.39. The third-order valence-corrected chi connectivity index (χ3v) is 3.01. The van der Waals surface area contributed by atoms with Crippen molar-refractivity contribution in [2.24, 2.45) is 0 Å². The lowest BCUT2D eigenvalue weighted by molar-refractivity contribution is -0.657. The second-order valence-corrected chi connectivity index (χ2v) is 4.97. The van der Waals surface area contributed by atoms with Gasteiger partial charge in [-0.3, -0.25) is 9.59 Å². The van der Waals surface area contributed by atoms with Crippen molar-refractivity contribution < 1.29 is 14.9 Å². The number of nitrogens with one attached hydrogen (secondary N) is 2. The molecule has 2 rings (SSSR count). The molecule has 1 aromatic carbocycles. The maximum Gasteiger partial charge on any atom is 0.275 e. The Kier molecular flexibility index (Phi) is 4.52. The van der Waals surface area contributed by atoms with Gasteiger partial charge in [-0.05, 0) is 24.6 Å². The maximum atomic E-state index is 11.6. The normalized spacial score (nSPS) is 13.9. The Bertz CT molecular complexity index is 470. The number of amides is 2. The molecule has 1 fully saturated rings. The van der Waals surface area contributed by atoms with E-state index in [1.54, 1.807) is 0 Å². The standard InChI is InChI=1S/C14H19N3O2/c1-10-3-2-4-12(7-10)17-14(19)9-16-13(18)8-15-11-5-6-11/h2-4,7,11,15H,5-6,8-9H2,1H3,(H,16,18)(H,17,19)/p+1. The number of aryl methyl sites for hydroxylation is 1. The van der Waals surface area contributed by atoms with Crippen molar-refractivity contribution in [1.82, 2.24) is 5.32 Å². The van der Waals surface area contributed by atoms with E-state index in [9.17, 15) is 9.59 Å². The highest BCUT2D eigenvalue weighted by Crippen LogP contribution is 2.13. The van der Waals surface area contributed by atoms with Crippen LogP contribution in [0.1, 0.15) is 18.4 Å². The molecule has 0 unspecified atom stereocenters. The summed E-state index contributed by atoms with van der Waals surface area (Å²) in [7, 11) is 0. The highest BCUT2D eigenvalue weighted by Gasteiger charge is 2.25. The van der Waals surface area contributed by atoms with Crippen molar-refractivity contribution in [2.75, 3.05) is 18.4 Å². The van der Waals surface area contributed by atoms with E-state index in [1.807, 2.05) is 36.5 Å². The topological polar surface area (TPSA) is 74.8 Å².